The van der Waals surface area contributed by atoms with Crippen LogP contribution in [0.5, 0.6) is 0 Å². The average molecular weight is 298 g/mol. The molecule has 0 aliphatic heterocycles. The maximum absolute atomic E-state index is 11.9. The van der Waals surface area contributed by atoms with E-state index in [9.17, 15) is 9.59 Å². The van der Waals surface area contributed by atoms with E-state index in [2.05, 4.69) is 10.3 Å². The molecule has 0 aliphatic carbocycles. The SMILES string of the molecule is CC(C)[C@@H](NC(=O)/C=C/c1cccc2cccnc12)C(=O)O. The van der Waals surface area contributed by atoms with Crippen LogP contribution in [-0.2, 0) is 9.59 Å². The number of nitrogens with one attached hydrogen (secondary N) is 1. The molecule has 1 heterocycles. The van der Waals surface area contributed by atoms with Crippen LogP contribution in [0.15, 0.2) is 42.6 Å². The molecule has 0 bridgehead atoms. The van der Waals surface area contributed by atoms with Crippen molar-refractivity contribution in [2.45, 2.75) is 19.9 Å². The van der Waals surface area contributed by atoms with Crippen LogP contribution in [0.1, 0.15) is 19.4 Å². The fourth-order valence-electron chi connectivity index (χ4n) is 2.14. The highest BCUT2D eigenvalue weighted by molar-refractivity contribution is 5.97. The van der Waals surface area contributed by atoms with E-state index in [1.54, 1.807) is 26.1 Å². The lowest BCUT2D eigenvalue weighted by atomic mass is 10.0. The predicted octanol–water partition coefficient (Wildman–Crippen LogP) is 2.47. The van der Waals surface area contributed by atoms with Gasteiger partial charge in [-0.15, -0.1) is 0 Å². The number of aromatic nitrogens is 1. The molecule has 1 aromatic carbocycles. The number of benzene rings is 1. The lowest BCUT2D eigenvalue weighted by Crippen LogP contribution is -2.43. The Labute approximate surface area is 128 Å². The molecule has 1 atom stereocenters. The van der Waals surface area contributed by atoms with Gasteiger partial charge in [-0.25, -0.2) is 4.79 Å². The van der Waals surface area contributed by atoms with E-state index in [-0.39, 0.29) is 5.92 Å². The minimum atomic E-state index is -1.04. The Morgan fingerprint density at radius 3 is 2.64 bits per heavy atom. The zero-order valence-corrected chi connectivity index (χ0v) is 12.5. The molecule has 2 N–H and O–H groups in total. The number of fused-ring (bicyclic) bond motifs is 1. The molecular weight excluding hydrogens is 280 g/mol. The molecule has 0 saturated carbocycles. The van der Waals surface area contributed by atoms with Crippen LogP contribution in [0.25, 0.3) is 17.0 Å². The fraction of sp³-hybridized carbons (Fsp3) is 0.235. The van der Waals surface area contributed by atoms with Crippen molar-refractivity contribution in [2.75, 3.05) is 0 Å². The Hall–Kier alpha value is -2.69. The summed E-state index contributed by atoms with van der Waals surface area (Å²) in [6.07, 6.45) is 4.67. The number of carbonyl (C=O) groups is 2. The number of amides is 1. The Morgan fingerprint density at radius 1 is 1.23 bits per heavy atom. The molecule has 22 heavy (non-hydrogen) atoms. The van der Waals surface area contributed by atoms with Gasteiger partial charge in [0.15, 0.2) is 0 Å². The number of hydrogen-bond donors (Lipinski definition) is 2. The fourth-order valence-corrected chi connectivity index (χ4v) is 2.14. The quantitative estimate of drug-likeness (QED) is 0.831. The van der Waals surface area contributed by atoms with E-state index in [0.29, 0.717) is 0 Å². The van der Waals surface area contributed by atoms with Crippen molar-refractivity contribution < 1.29 is 14.7 Å². The van der Waals surface area contributed by atoms with Gasteiger partial charge in [0.1, 0.15) is 6.04 Å². The molecule has 5 nitrogen and oxygen atoms in total. The second kappa shape index (κ2) is 6.85. The van der Waals surface area contributed by atoms with Gasteiger partial charge in [-0.1, -0.05) is 38.1 Å². The molecule has 114 valence electrons. The molecular formula is C17H18N2O3. The Morgan fingerprint density at radius 2 is 1.95 bits per heavy atom. The number of aliphatic carboxylic acids is 1. The molecule has 0 unspecified atom stereocenters. The Bertz CT molecular complexity index is 717. The van der Waals surface area contributed by atoms with Gasteiger partial charge >= 0.3 is 5.97 Å². The van der Waals surface area contributed by atoms with Crippen molar-refractivity contribution in [1.29, 1.82) is 0 Å². The van der Waals surface area contributed by atoms with Crippen molar-refractivity contribution in [1.82, 2.24) is 10.3 Å². The number of pyridine rings is 1. The highest BCUT2D eigenvalue weighted by Crippen LogP contribution is 2.17. The van der Waals surface area contributed by atoms with E-state index in [1.807, 2.05) is 30.3 Å². The van der Waals surface area contributed by atoms with Gasteiger partial charge in [-0.2, -0.15) is 0 Å². The molecule has 1 aromatic heterocycles. The number of hydrogen-bond acceptors (Lipinski definition) is 3. The molecule has 2 rings (SSSR count). The highest BCUT2D eigenvalue weighted by Gasteiger charge is 2.22. The summed E-state index contributed by atoms with van der Waals surface area (Å²) in [5.74, 6) is -1.66. The number of rotatable bonds is 5. The van der Waals surface area contributed by atoms with Gasteiger partial charge in [-0.05, 0) is 18.1 Å². The maximum atomic E-state index is 11.9. The largest absolute Gasteiger partial charge is 0.480 e. The highest BCUT2D eigenvalue weighted by atomic mass is 16.4. The summed E-state index contributed by atoms with van der Waals surface area (Å²) in [7, 11) is 0. The number of carboxylic acid groups (broad SMARTS) is 1. The summed E-state index contributed by atoms with van der Waals surface area (Å²) >= 11 is 0. The van der Waals surface area contributed by atoms with Crippen LogP contribution >= 0.6 is 0 Å². The molecule has 0 fully saturated rings. The van der Waals surface area contributed by atoms with E-state index in [4.69, 9.17) is 5.11 Å². The lowest BCUT2D eigenvalue weighted by Gasteiger charge is -2.16. The monoisotopic (exact) mass is 298 g/mol. The molecule has 0 saturated heterocycles. The van der Waals surface area contributed by atoms with Gasteiger partial charge in [-0.3, -0.25) is 9.78 Å². The van der Waals surface area contributed by atoms with E-state index in [1.165, 1.54) is 6.08 Å². The van der Waals surface area contributed by atoms with Crippen molar-refractivity contribution in [3.8, 4) is 0 Å². The first-order chi connectivity index (χ1) is 10.5. The van der Waals surface area contributed by atoms with Gasteiger partial charge in [0.05, 0.1) is 5.52 Å². The number of carbonyl (C=O) groups excluding carboxylic acids is 1. The van der Waals surface area contributed by atoms with Crippen molar-refractivity contribution >= 4 is 28.9 Å². The van der Waals surface area contributed by atoms with Crippen LogP contribution in [-0.4, -0.2) is 28.0 Å². The van der Waals surface area contributed by atoms with Crippen LogP contribution in [0.2, 0.25) is 0 Å². The smallest absolute Gasteiger partial charge is 0.326 e. The van der Waals surface area contributed by atoms with Crippen LogP contribution in [0.3, 0.4) is 0 Å². The van der Waals surface area contributed by atoms with Gasteiger partial charge in [0.25, 0.3) is 0 Å². The number of carboxylic acids is 1. The summed E-state index contributed by atoms with van der Waals surface area (Å²) in [6, 6.07) is 8.58. The minimum absolute atomic E-state index is 0.186. The minimum Gasteiger partial charge on any atom is -0.480 e. The third-order valence-electron chi connectivity index (χ3n) is 3.31. The van der Waals surface area contributed by atoms with E-state index in [0.717, 1.165) is 16.5 Å². The summed E-state index contributed by atoms with van der Waals surface area (Å²) < 4.78 is 0. The van der Waals surface area contributed by atoms with E-state index < -0.39 is 17.9 Å². The first-order valence-corrected chi connectivity index (χ1v) is 7.04. The van der Waals surface area contributed by atoms with Gasteiger partial charge < -0.3 is 10.4 Å². The second-order valence-corrected chi connectivity index (χ2v) is 5.32. The zero-order chi connectivity index (χ0) is 16.1. The zero-order valence-electron chi connectivity index (χ0n) is 12.5. The summed E-state index contributed by atoms with van der Waals surface area (Å²) in [6.45, 7) is 3.49. The Kier molecular flexibility index (Phi) is 4.88. The standard InChI is InChI=1S/C17H18N2O3/c1-11(2)15(17(21)22)19-14(20)9-8-13-6-3-5-12-7-4-10-18-16(12)13/h3-11,15H,1-2H3,(H,19,20)(H,21,22)/b9-8+/t15-/m1/s1. The number of nitrogens with zero attached hydrogens (tertiary/aromatic N) is 1. The first kappa shape index (κ1) is 15.7. The van der Waals surface area contributed by atoms with Gasteiger partial charge in [0.2, 0.25) is 5.91 Å². The average Bonchev–Trinajstić information content (AvgIpc) is 2.49. The summed E-state index contributed by atoms with van der Waals surface area (Å²) in [5.41, 5.74) is 1.61. The number of para-hydroxylation sites is 1. The van der Waals surface area contributed by atoms with Crippen molar-refractivity contribution in [3.05, 3.63) is 48.2 Å². The van der Waals surface area contributed by atoms with Crippen LogP contribution < -0.4 is 5.32 Å². The Balaban J connectivity index is 2.17. The lowest BCUT2D eigenvalue weighted by molar-refractivity contribution is -0.142. The normalized spacial score (nSPS) is 12.7. The second-order valence-electron chi connectivity index (χ2n) is 5.32. The summed E-state index contributed by atoms with van der Waals surface area (Å²) in [4.78, 5) is 27.3. The molecule has 0 radical (unpaired) electrons. The summed E-state index contributed by atoms with van der Waals surface area (Å²) in [5, 5.41) is 12.5. The molecule has 5 heteroatoms. The van der Waals surface area contributed by atoms with Crippen LogP contribution in [0.4, 0.5) is 0 Å². The topological polar surface area (TPSA) is 79.3 Å². The van der Waals surface area contributed by atoms with Gasteiger partial charge in [0, 0.05) is 23.2 Å². The van der Waals surface area contributed by atoms with Crippen molar-refractivity contribution in [3.63, 3.8) is 0 Å². The maximum Gasteiger partial charge on any atom is 0.326 e. The first-order valence-electron chi connectivity index (χ1n) is 7.04. The third kappa shape index (κ3) is 3.69. The van der Waals surface area contributed by atoms with Crippen molar-refractivity contribution in [2.24, 2.45) is 5.92 Å². The molecule has 1 amide bonds. The predicted molar refractivity (Wildman–Crippen MR) is 85.2 cm³/mol. The molecule has 0 spiro atoms. The molecule has 0 aliphatic rings. The van der Waals surface area contributed by atoms with Crippen LogP contribution in [0, 0.1) is 5.92 Å². The van der Waals surface area contributed by atoms with E-state index >= 15 is 0 Å². The third-order valence-corrected chi connectivity index (χ3v) is 3.31. The molecule has 2 aromatic rings.